The Balaban J connectivity index is 2.72. The average molecular weight is 288 g/mol. The van der Waals surface area contributed by atoms with E-state index in [4.69, 9.17) is 14.2 Å². The molecule has 0 heterocycles. The molecule has 21 heavy (non-hydrogen) atoms. The van der Waals surface area contributed by atoms with Crippen molar-refractivity contribution in [2.24, 2.45) is 0 Å². The van der Waals surface area contributed by atoms with Crippen LogP contribution in [0.15, 0.2) is 24.3 Å². The third-order valence-corrected chi connectivity index (χ3v) is 3.57. The highest BCUT2D eigenvalue weighted by Gasteiger charge is 2.18. The Morgan fingerprint density at radius 2 is 1.62 bits per heavy atom. The first-order valence-corrected chi connectivity index (χ1v) is 6.63. The van der Waals surface area contributed by atoms with Crippen LogP contribution in [0.25, 0.3) is 11.1 Å². The summed E-state index contributed by atoms with van der Waals surface area (Å²) in [6.07, 6.45) is 0. The van der Waals surface area contributed by atoms with Gasteiger partial charge >= 0.3 is 0 Å². The first kappa shape index (κ1) is 15.0. The molecule has 0 spiro atoms. The number of rotatable bonds is 4. The molecule has 0 aliphatic heterocycles. The summed E-state index contributed by atoms with van der Waals surface area (Å²) in [4.78, 5) is 0. The fourth-order valence-corrected chi connectivity index (χ4v) is 2.60. The van der Waals surface area contributed by atoms with E-state index >= 15 is 0 Å². The normalized spacial score (nSPS) is 10.3. The Labute approximate surface area is 124 Å². The van der Waals surface area contributed by atoms with Crippen molar-refractivity contribution >= 4 is 0 Å². The molecule has 4 heteroatoms. The van der Waals surface area contributed by atoms with Gasteiger partial charge in [0.15, 0.2) is 0 Å². The summed E-state index contributed by atoms with van der Waals surface area (Å²) in [5.74, 6) is 2.31. The minimum absolute atomic E-state index is 0.203. The predicted octanol–water partition coefficient (Wildman–Crippen LogP) is 3.70. The van der Waals surface area contributed by atoms with Gasteiger partial charge in [0.1, 0.15) is 23.0 Å². The highest BCUT2D eigenvalue weighted by molar-refractivity contribution is 5.81. The molecule has 0 saturated heterocycles. The minimum Gasteiger partial charge on any atom is -0.507 e. The molecule has 4 nitrogen and oxygen atoms in total. The molecule has 0 aliphatic rings. The second-order valence-electron chi connectivity index (χ2n) is 4.81. The third-order valence-electron chi connectivity index (χ3n) is 3.57. The molecule has 0 unspecified atom stereocenters. The summed E-state index contributed by atoms with van der Waals surface area (Å²) >= 11 is 0. The average Bonchev–Trinajstić information content (AvgIpc) is 2.47. The number of aromatic hydroxyl groups is 1. The fraction of sp³-hybridized carbons (Fsp3) is 0.294. The van der Waals surface area contributed by atoms with Crippen molar-refractivity contribution in [1.82, 2.24) is 0 Å². The Morgan fingerprint density at radius 3 is 2.19 bits per heavy atom. The molecular formula is C17H20O4. The third kappa shape index (κ3) is 2.61. The standard InChI is InChI=1S/C17H20O4/c1-10-8-14(18)16(11(2)17(10)21-5)13-7-6-12(19-3)9-15(13)20-4/h6-9,18H,1-5H3. The summed E-state index contributed by atoms with van der Waals surface area (Å²) in [5, 5.41) is 10.3. The van der Waals surface area contributed by atoms with Crippen molar-refractivity contribution in [3.8, 4) is 34.1 Å². The molecule has 2 aromatic rings. The molecule has 112 valence electrons. The maximum atomic E-state index is 10.3. The van der Waals surface area contributed by atoms with Gasteiger partial charge in [0.2, 0.25) is 0 Å². The molecule has 0 saturated carbocycles. The van der Waals surface area contributed by atoms with Gasteiger partial charge in [0, 0.05) is 22.8 Å². The summed E-state index contributed by atoms with van der Waals surface area (Å²) in [7, 11) is 4.82. The van der Waals surface area contributed by atoms with E-state index in [-0.39, 0.29) is 5.75 Å². The van der Waals surface area contributed by atoms with Crippen molar-refractivity contribution in [3.05, 3.63) is 35.4 Å². The lowest BCUT2D eigenvalue weighted by Gasteiger charge is -2.17. The number of aryl methyl sites for hydroxylation is 1. The summed E-state index contributed by atoms with van der Waals surface area (Å²) in [5.41, 5.74) is 3.27. The van der Waals surface area contributed by atoms with Gasteiger partial charge in [0.05, 0.1) is 21.3 Å². The second-order valence-corrected chi connectivity index (χ2v) is 4.81. The van der Waals surface area contributed by atoms with Gasteiger partial charge in [0.25, 0.3) is 0 Å². The van der Waals surface area contributed by atoms with Crippen LogP contribution in [-0.4, -0.2) is 26.4 Å². The van der Waals surface area contributed by atoms with Crippen molar-refractivity contribution in [3.63, 3.8) is 0 Å². The molecule has 0 bridgehead atoms. The van der Waals surface area contributed by atoms with Crippen LogP contribution in [0.5, 0.6) is 23.0 Å². The van der Waals surface area contributed by atoms with E-state index in [2.05, 4.69) is 0 Å². The number of hydrogen-bond acceptors (Lipinski definition) is 4. The molecule has 0 aromatic heterocycles. The van der Waals surface area contributed by atoms with Crippen molar-refractivity contribution in [1.29, 1.82) is 0 Å². The number of ether oxygens (including phenoxy) is 3. The highest BCUT2D eigenvalue weighted by Crippen LogP contribution is 2.44. The number of phenolic OH excluding ortho intramolecular Hbond substituents is 1. The highest BCUT2D eigenvalue weighted by atomic mass is 16.5. The van der Waals surface area contributed by atoms with Gasteiger partial charge < -0.3 is 19.3 Å². The van der Waals surface area contributed by atoms with Crippen LogP contribution in [-0.2, 0) is 0 Å². The number of hydrogen-bond donors (Lipinski definition) is 1. The van der Waals surface area contributed by atoms with Gasteiger partial charge in [-0.05, 0) is 37.6 Å². The summed E-state index contributed by atoms with van der Waals surface area (Å²) < 4.78 is 16.1. The van der Waals surface area contributed by atoms with E-state index < -0.39 is 0 Å². The fourth-order valence-electron chi connectivity index (χ4n) is 2.60. The van der Waals surface area contributed by atoms with E-state index in [1.165, 1.54) is 0 Å². The van der Waals surface area contributed by atoms with Crippen molar-refractivity contribution in [2.75, 3.05) is 21.3 Å². The smallest absolute Gasteiger partial charge is 0.130 e. The first-order chi connectivity index (χ1) is 10.0. The maximum absolute atomic E-state index is 10.3. The zero-order valence-electron chi connectivity index (χ0n) is 13.0. The van der Waals surface area contributed by atoms with Crippen molar-refractivity contribution in [2.45, 2.75) is 13.8 Å². The molecule has 0 amide bonds. The van der Waals surface area contributed by atoms with Crippen LogP contribution in [0.1, 0.15) is 11.1 Å². The topological polar surface area (TPSA) is 47.9 Å². The molecule has 1 N–H and O–H groups in total. The molecule has 0 radical (unpaired) electrons. The number of benzene rings is 2. The van der Waals surface area contributed by atoms with Gasteiger partial charge in [-0.25, -0.2) is 0 Å². The second kappa shape index (κ2) is 5.95. The molecule has 0 fully saturated rings. The quantitative estimate of drug-likeness (QED) is 0.932. The summed E-state index contributed by atoms with van der Waals surface area (Å²) in [6, 6.07) is 7.20. The Hall–Kier alpha value is -2.36. The predicted molar refractivity (Wildman–Crippen MR) is 82.7 cm³/mol. The number of phenols is 1. The van der Waals surface area contributed by atoms with Gasteiger partial charge in [-0.3, -0.25) is 0 Å². The van der Waals surface area contributed by atoms with E-state index in [0.29, 0.717) is 17.1 Å². The Bertz CT molecular complexity index is 662. The lowest BCUT2D eigenvalue weighted by atomic mass is 9.95. The molecule has 2 rings (SSSR count). The Kier molecular flexibility index (Phi) is 4.26. The van der Waals surface area contributed by atoms with Gasteiger partial charge in [-0.1, -0.05) is 0 Å². The lowest BCUT2D eigenvalue weighted by molar-refractivity contribution is 0.394. The lowest BCUT2D eigenvalue weighted by Crippen LogP contribution is -1.97. The molecule has 0 atom stereocenters. The molecule has 0 aliphatic carbocycles. The Morgan fingerprint density at radius 1 is 0.905 bits per heavy atom. The molecular weight excluding hydrogens is 268 g/mol. The van der Waals surface area contributed by atoms with Crippen LogP contribution in [0.3, 0.4) is 0 Å². The van der Waals surface area contributed by atoms with E-state index in [1.54, 1.807) is 33.5 Å². The van der Waals surface area contributed by atoms with E-state index in [9.17, 15) is 5.11 Å². The molecule has 2 aromatic carbocycles. The SMILES string of the molecule is COc1ccc(-c2c(O)cc(C)c(OC)c2C)c(OC)c1. The maximum Gasteiger partial charge on any atom is 0.130 e. The zero-order valence-corrected chi connectivity index (χ0v) is 13.0. The zero-order chi connectivity index (χ0) is 15.6. The van der Waals surface area contributed by atoms with Gasteiger partial charge in [-0.15, -0.1) is 0 Å². The largest absolute Gasteiger partial charge is 0.507 e. The van der Waals surface area contributed by atoms with E-state index in [1.807, 2.05) is 26.0 Å². The van der Waals surface area contributed by atoms with Crippen LogP contribution in [0.2, 0.25) is 0 Å². The summed E-state index contributed by atoms with van der Waals surface area (Å²) in [6.45, 7) is 3.82. The van der Waals surface area contributed by atoms with E-state index in [0.717, 1.165) is 22.4 Å². The van der Waals surface area contributed by atoms with Crippen LogP contribution in [0.4, 0.5) is 0 Å². The number of methoxy groups -OCH3 is 3. The van der Waals surface area contributed by atoms with Crippen LogP contribution < -0.4 is 14.2 Å². The van der Waals surface area contributed by atoms with Gasteiger partial charge in [-0.2, -0.15) is 0 Å². The monoisotopic (exact) mass is 288 g/mol. The van der Waals surface area contributed by atoms with Crippen molar-refractivity contribution < 1.29 is 19.3 Å². The van der Waals surface area contributed by atoms with Crippen LogP contribution in [0, 0.1) is 13.8 Å². The van der Waals surface area contributed by atoms with Crippen LogP contribution >= 0.6 is 0 Å². The minimum atomic E-state index is 0.203. The first-order valence-electron chi connectivity index (χ1n) is 6.63.